The summed E-state index contributed by atoms with van der Waals surface area (Å²) in [7, 11) is -2.44. The molecule has 0 aliphatic rings. The van der Waals surface area contributed by atoms with Gasteiger partial charge in [-0.3, -0.25) is 0 Å². The minimum absolute atomic E-state index is 0.520. The van der Waals surface area contributed by atoms with Gasteiger partial charge in [0.15, 0.2) is 0 Å². The Bertz CT molecular complexity index is 159. The molecule has 0 aliphatic heterocycles. The summed E-state index contributed by atoms with van der Waals surface area (Å²) < 4.78 is 14.1. The highest BCUT2D eigenvalue weighted by Gasteiger charge is 2.30. The minimum atomic E-state index is -2.44. The number of unbranched alkanes of at least 4 members (excludes halogenated alkanes) is 1. The van der Waals surface area contributed by atoms with E-state index in [0.717, 1.165) is 31.4 Å². The Kier molecular flexibility index (Phi) is 6.88. The van der Waals surface area contributed by atoms with Gasteiger partial charge in [-0.1, -0.05) is 26.7 Å². The summed E-state index contributed by atoms with van der Waals surface area (Å²) in [6, 6.07) is 4.34. The Morgan fingerprint density at radius 2 is 1.69 bits per heavy atom. The largest absolute Gasteiger partial charge is 0.314 e. The molecule has 0 saturated carbocycles. The van der Waals surface area contributed by atoms with Gasteiger partial charge in [-0.05, 0) is 24.6 Å². The van der Waals surface area contributed by atoms with E-state index in [-0.39, 0.29) is 0 Å². The quantitative estimate of drug-likeness (QED) is 0.346. The van der Waals surface area contributed by atoms with Crippen LogP contribution in [-0.4, -0.2) is 8.41 Å². The van der Waals surface area contributed by atoms with Gasteiger partial charge in [-0.2, -0.15) is 5.26 Å². The summed E-state index contributed by atoms with van der Waals surface area (Å²) in [5, 5.41) is 8.37. The molecule has 1 nitrogen and oxygen atoms in total. The monoisotopic (exact) mass is 201 g/mol. The van der Waals surface area contributed by atoms with E-state index in [1.165, 1.54) is 0 Å². The Morgan fingerprint density at radius 3 is 2.08 bits per heavy atom. The second-order valence-corrected chi connectivity index (χ2v) is 7.46. The van der Waals surface area contributed by atoms with Crippen LogP contribution in [0.25, 0.3) is 0 Å². The normalized spacial score (nSPS) is 11.2. The van der Waals surface area contributed by atoms with Crippen molar-refractivity contribution in [3.8, 4) is 6.07 Å². The molecular weight excluding hydrogens is 181 g/mol. The molecule has 0 rings (SSSR count). The molecule has 0 unspecified atom stereocenters. The van der Waals surface area contributed by atoms with Gasteiger partial charge in [0.2, 0.25) is 8.41 Å². The van der Waals surface area contributed by atoms with Crippen molar-refractivity contribution in [3.05, 3.63) is 0 Å². The van der Waals surface area contributed by atoms with Crippen LogP contribution < -0.4 is 0 Å². The smallest absolute Gasteiger partial charge is 0.247 e. The highest BCUT2D eigenvalue weighted by Crippen LogP contribution is 2.27. The van der Waals surface area contributed by atoms with Crippen molar-refractivity contribution < 1.29 is 4.11 Å². The molecule has 0 aromatic carbocycles. The second-order valence-electron chi connectivity index (χ2n) is 3.66. The highest BCUT2D eigenvalue weighted by molar-refractivity contribution is 6.73. The molecule has 0 aromatic heterocycles. The van der Waals surface area contributed by atoms with E-state index in [1.54, 1.807) is 0 Å². The molecule has 0 amide bonds. The summed E-state index contributed by atoms with van der Waals surface area (Å²) in [5.74, 6) is 0. The lowest BCUT2D eigenvalue weighted by Crippen LogP contribution is -2.27. The lowest BCUT2D eigenvalue weighted by Gasteiger charge is -2.20. The number of nitriles is 1. The zero-order valence-electron chi connectivity index (χ0n) is 8.77. The highest BCUT2D eigenvalue weighted by atomic mass is 28.4. The van der Waals surface area contributed by atoms with Gasteiger partial charge in [0.1, 0.15) is 0 Å². The number of nitrogens with zero attached hydrogens (tertiary/aromatic N) is 1. The summed E-state index contributed by atoms with van der Waals surface area (Å²) in [6.07, 6.45) is 3.19. The van der Waals surface area contributed by atoms with E-state index in [1.807, 2.05) is 13.8 Å². The average molecular weight is 201 g/mol. The summed E-state index contributed by atoms with van der Waals surface area (Å²) in [6.45, 7) is 4.09. The maximum Gasteiger partial charge on any atom is 0.247 e. The van der Waals surface area contributed by atoms with Crippen LogP contribution in [0.4, 0.5) is 4.11 Å². The van der Waals surface area contributed by atoms with E-state index < -0.39 is 8.41 Å². The lowest BCUT2D eigenvalue weighted by molar-refractivity contribution is 0.702. The maximum absolute atomic E-state index is 14.1. The fraction of sp³-hybridized carbons (Fsp3) is 0.900. The van der Waals surface area contributed by atoms with Gasteiger partial charge in [-0.25, -0.2) is 0 Å². The molecular formula is C10H20FNSi. The average Bonchev–Trinajstić information content (AvgIpc) is 2.05. The van der Waals surface area contributed by atoms with Crippen molar-refractivity contribution in [2.75, 3.05) is 0 Å². The molecule has 0 N–H and O–H groups in total. The third-order valence-electron chi connectivity index (χ3n) is 2.31. The minimum Gasteiger partial charge on any atom is -0.314 e. The van der Waals surface area contributed by atoms with Crippen molar-refractivity contribution in [3.63, 3.8) is 0 Å². The molecule has 0 radical (unpaired) electrons. The van der Waals surface area contributed by atoms with Gasteiger partial charge in [-0.15, -0.1) is 0 Å². The third-order valence-corrected chi connectivity index (χ3v) is 6.35. The molecule has 76 valence electrons. The molecule has 0 heterocycles. The lowest BCUT2D eigenvalue weighted by atomic mass is 10.4. The molecule has 3 heteroatoms. The summed E-state index contributed by atoms with van der Waals surface area (Å²) >= 11 is 0. The summed E-state index contributed by atoms with van der Waals surface area (Å²) in [4.78, 5) is 0. The number of hydrogen-bond acceptors (Lipinski definition) is 1. The first kappa shape index (κ1) is 12.6. The van der Waals surface area contributed by atoms with E-state index in [4.69, 9.17) is 5.26 Å². The van der Waals surface area contributed by atoms with E-state index in [0.29, 0.717) is 12.5 Å². The van der Waals surface area contributed by atoms with Crippen LogP contribution in [0, 0.1) is 11.3 Å². The van der Waals surface area contributed by atoms with Crippen LogP contribution in [0.1, 0.15) is 39.5 Å². The fourth-order valence-corrected chi connectivity index (χ4v) is 5.11. The Labute approximate surface area is 82.1 Å². The van der Waals surface area contributed by atoms with Gasteiger partial charge in [0, 0.05) is 6.42 Å². The van der Waals surface area contributed by atoms with Gasteiger partial charge in [0.05, 0.1) is 6.07 Å². The predicted molar refractivity (Wildman–Crippen MR) is 56.7 cm³/mol. The van der Waals surface area contributed by atoms with Gasteiger partial charge >= 0.3 is 0 Å². The molecule has 0 fully saturated rings. The van der Waals surface area contributed by atoms with Crippen LogP contribution in [0.2, 0.25) is 18.1 Å². The van der Waals surface area contributed by atoms with Crippen molar-refractivity contribution in [2.24, 2.45) is 0 Å². The van der Waals surface area contributed by atoms with Crippen molar-refractivity contribution in [1.29, 1.82) is 5.26 Å². The van der Waals surface area contributed by atoms with Gasteiger partial charge < -0.3 is 4.11 Å². The Morgan fingerprint density at radius 1 is 1.15 bits per heavy atom. The van der Waals surface area contributed by atoms with Crippen LogP contribution in [0.3, 0.4) is 0 Å². The van der Waals surface area contributed by atoms with Crippen LogP contribution in [0.15, 0.2) is 0 Å². The zero-order chi connectivity index (χ0) is 10.2. The van der Waals surface area contributed by atoms with Crippen LogP contribution in [0.5, 0.6) is 0 Å². The molecule has 13 heavy (non-hydrogen) atoms. The molecule has 0 bridgehead atoms. The first-order valence-electron chi connectivity index (χ1n) is 5.24. The van der Waals surface area contributed by atoms with Crippen molar-refractivity contribution in [2.45, 2.75) is 57.7 Å². The molecule has 0 aliphatic carbocycles. The SMILES string of the molecule is CCC[Si](F)(CCC)CCCC#N. The topological polar surface area (TPSA) is 23.8 Å². The molecule has 0 aromatic rings. The third kappa shape index (κ3) is 5.81. The van der Waals surface area contributed by atoms with E-state index in [2.05, 4.69) is 6.07 Å². The summed E-state index contributed by atoms with van der Waals surface area (Å²) in [5.41, 5.74) is 0. The number of halogens is 1. The zero-order valence-corrected chi connectivity index (χ0v) is 9.77. The molecule has 0 atom stereocenters. The molecule has 0 spiro atoms. The fourth-order valence-electron chi connectivity index (χ4n) is 1.76. The van der Waals surface area contributed by atoms with E-state index in [9.17, 15) is 4.11 Å². The maximum atomic E-state index is 14.1. The van der Waals surface area contributed by atoms with Gasteiger partial charge in [0.25, 0.3) is 0 Å². The molecule has 0 saturated heterocycles. The number of rotatable bonds is 7. The Balaban J connectivity index is 3.85. The second kappa shape index (κ2) is 7.08. The van der Waals surface area contributed by atoms with Crippen LogP contribution >= 0.6 is 0 Å². The van der Waals surface area contributed by atoms with Crippen LogP contribution in [-0.2, 0) is 0 Å². The van der Waals surface area contributed by atoms with E-state index >= 15 is 0 Å². The standard InChI is InChI=1S/C10H20FNSi/c1-3-8-13(11,9-4-2)10-6-5-7-12/h3-6,8-10H2,1-2H3. The first-order chi connectivity index (χ1) is 6.18. The predicted octanol–water partition coefficient (Wildman–Crippen LogP) is 4.03. The van der Waals surface area contributed by atoms with Crippen molar-refractivity contribution >= 4 is 8.41 Å². The first-order valence-corrected chi connectivity index (χ1v) is 7.74. The number of hydrogen-bond donors (Lipinski definition) is 0. The van der Waals surface area contributed by atoms with Crippen molar-refractivity contribution in [1.82, 2.24) is 0 Å². The Hall–Kier alpha value is -0.363.